The van der Waals surface area contributed by atoms with Gasteiger partial charge in [-0.3, -0.25) is 14.7 Å². The molecular formula is C20H23FN4O2. The van der Waals surface area contributed by atoms with Crippen molar-refractivity contribution in [1.82, 2.24) is 19.8 Å². The van der Waals surface area contributed by atoms with Gasteiger partial charge in [-0.05, 0) is 37.0 Å². The molecular weight excluding hydrogens is 347 g/mol. The topological polar surface area (TPSA) is 58.6 Å². The number of carbonyl (C=O) groups excluding carboxylic acids is 1. The summed E-state index contributed by atoms with van der Waals surface area (Å²) in [5.74, 6) is 0.752. The average Bonchev–Trinajstić information content (AvgIpc) is 3.01. The molecule has 2 atom stereocenters. The Kier molecular flexibility index (Phi) is 5.03. The van der Waals surface area contributed by atoms with Crippen LogP contribution in [-0.4, -0.2) is 58.5 Å². The summed E-state index contributed by atoms with van der Waals surface area (Å²) in [7, 11) is 1.58. The van der Waals surface area contributed by atoms with Crippen LogP contribution in [0.3, 0.4) is 0 Å². The largest absolute Gasteiger partial charge is 0.497 e. The van der Waals surface area contributed by atoms with Crippen LogP contribution in [0, 0.1) is 11.7 Å². The number of halogens is 1. The highest BCUT2D eigenvalue weighted by Gasteiger charge is 2.37. The van der Waals surface area contributed by atoms with Crippen LogP contribution in [0.2, 0.25) is 0 Å². The van der Waals surface area contributed by atoms with E-state index in [0.29, 0.717) is 42.6 Å². The second-order valence-corrected chi connectivity index (χ2v) is 7.28. The molecule has 7 heteroatoms. The van der Waals surface area contributed by atoms with Crippen molar-refractivity contribution in [3.8, 4) is 5.75 Å². The summed E-state index contributed by atoms with van der Waals surface area (Å²) in [5.41, 5.74) is 1.01. The van der Waals surface area contributed by atoms with Gasteiger partial charge in [0, 0.05) is 50.2 Å². The van der Waals surface area contributed by atoms with Crippen molar-refractivity contribution in [3.63, 3.8) is 0 Å². The van der Waals surface area contributed by atoms with Gasteiger partial charge in [-0.1, -0.05) is 0 Å². The van der Waals surface area contributed by atoms with E-state index in [4.69, 9.17) is 4.74 Å². The Morgan fingerprint density at radius 2 is 2.15 bits per heavy atom. The van der Waals surface area contributed by atoms with Gasteiger partial charge in [0.2, 0.25) is 0 Å². The average molecular weight is 370 g/mol. The van der Waals surface area contributed by atoms with Crippen LogP contribution in [-0.2, 0) is 6.54 Å². The maximum Gasteiger partial charge on any atom is 0.274 e. The second kappa shape index (κ2) is 7.60. The lowest BCUT2D eigenvalue weighted by Gasteiger charge is -2.36. The first-order valence-corrected chi connectivity index (χ1v) is 9.26. The third kappa shape index (κ3) is 3.78. The summed E-state index contributed by atoms with van der Waals surface area (Å²) in [5, 5.41) is 0. The Morgan fingerprint density at radius 3 is 2.93 bits per heavy atom. The molecule has 0 radical (unpaired) electrons. The number of benzene rings is 1. The van der Waals surface area contributed by atoms with Gasteiger partial charge in [-0.2, -0.15) is 0 Å². The van der Waals surface area contributed by atoms with E-state index in [1.165, 1.54) is 18.5 Å². The number of ether oxygens (including phenoxy) is 1. The van der Waals surface area contributed by atoms with Gasteiger partial charge in [-0.15, -0.1) is 0 Å². The quantitative estimate of drug-likeness (QED) is 0.827. The summed E-state index contributed by atoms with van der Waals surface area (Å²) < 4.78 is 19.5. The summed E-state index contributed by atoms with van der Waals surface area (Å²) in [6, 6.07) is 5.06. The van der Waals surface area contributed by atoms with E-state index in [1.54, 1.807) is 25.4 Å². The standard InChI is InChI=1S/C20H23FN4O2/c1-27-17-4-5-18(21)15(8-17)12-24-10-14-2-3-16(24)13-25(11-14)20(26)19-9-22-6-7-23-19/h4-9,14,16H,2-3,10-13H2,1H3/t14-,16-/m1/s1. The highest BCUT2D eigenvalue weighted by molar-refractivity contribution is 5.92. The molecule has 1 aromatic heterocycles. The zero-order valence-corrected chi connectivity index (χ0v) is 15.3. The van der Waals surface area contributed by atoms with E-state index >= 15 is 0 Å². The zero-order chi connectivity index (χ0) is 18.8. The maximum atomic E-state index is 14.3. The first kappa shape index (κ1) is 17.9. The Labute approximate surface area is 158 Å². The van der Waals surface area contributed by atoms with Gasteiger partial charge in [0.1, 0.15) is 17.3 Å². The lowest BCUT2D eigenvalue weighted by Crippen LogP contribution is -2.44. The molecule has 2 aromatic rings. The predicted octanol–water partition coefficient (Wildman–Crippen LogP) is 2.36. The van der Waals surface area contributed by atoms with Gasteiger partial charge < -0.3 is 9.64 Å². The van der Waals surface area contributed by atoms with Crippen molar-refractivity contribution < 1.29 is 13.9 Å². The first-order valence-electron chi connectivity index (χ1n) is 9.26. The van der Waals surface area contributed by atoms with Crippen LogP contribution in [0.15, 0.2) is 36.8 Å². The molecule has 142 valence electrons. The van der Waals surface area contributed by atoms with Crippen LogP contribution < -0.4 is 4.74 Å². The molecule has 3 saturated heterocycles. The molecule has 0 spiro atoms. The molecule has 4 heterocycles. The fourth-order valence-corrected chi connectivity index (χ4v) is 4.13. The fraction of sp³-hybridized carbons (Fsp3) is 0.450. The summed E-state index contributed by atoms with van der Waals surface area (Å²) in [4.78, 5) is 25.1. The Balaban J connectivity index is 1.51. The van der Waals surface area contributed by atoms with E-state index < -0.39 is 0 Å². The second-order valence-electron chi connectivity index (χ2n) is 7.28. The molecule has 27 heavy (non-hydrogen) atoms. The Morgan fingerprint density at radius 1 is 1.26 bits per heavy atom. The highest BCUT2D eigenvalue weighted by atomic mass is 19.1. The number of hydrogen-bond donors (Lipinski definition) is 0. The van der Waals surface area contributed by atoms with Gasteiger partial charge in [0.25, 0.3) is 5.91 Å². The number of aromatic nitrogens is 2. The lowest BCUT2D eigenvalue weighted by molar-refractivity contribution is 0.0729. The highest BCUT2D eigenvalue weighted by Crippen LogP contribution is 2.30. The number of fused-ring (bicyclic) bond motifs is 4. The fourth-order valence-electron chi connectivity index (χ4n) is 4.13. The van der Waals surface area contributed by atoms with Crippen molar-refractivity contribution in [2.75, 3.05) is 26.7 Å². The Hall–Kier alpha value is -2.54. The summed E-state index contributed by atoms with van der Waals surface area (Å²) in [6.45, 7) is 2.74. The van der Waals surface area contributed by atoms with Gasteiger partial charge >= 0.3 is 0 Å². The van der Waals surface area contributed by atoms with Crippen molar-refractivity contribution >= 4 is 5.91 Å². The molecule has 3 aliphatic heterocycles. The van der Waals surface area contributed by atoms with Crippen LogP contribution in [0.4, 0.5) is 4.39 Å². The smallest absolute Gasteiger partial charge is 0.274 e. The van der Waals surface area contributed by atoms with Gasteiger partial charge in [-0.25, -0.2) is 9.37 Å². The van der Waals surface area contributed by atoms with E-state index in [-0.39, 0.29) is 17.8 Å². The molecule has 0 aliphatic carbocycles. The van der Waals surface area contributed by atoms with Crippen molar-refractivity contribution in [2.24, 2.45) is 5.92 Å². The number of nitrogens with zero attached hydrogens (tertiary/aromatic N) is 4. The van der Waals surface area contributed by atoms with E-state index in [0.717, 1.165) is 19.4 Å². The molecule has 2 bridgehead atoms. The maximum absolute atomic E-state index is 14.3. The molecule has 5 rings (SSSR count). The minimum absolute atomic E-state index is 0.0746. The first-order chi connectivity index (χ1) is 13.1. The van der Waals surface area contributed by atoms with Crippen LogP contribution in [0.1, 0.15) is 28.9 Å². The minimum Gasteiger partial charge on any atom is -0.497 e. The number of methoxy groups -OCH3 is 1. The van der Waals surface area contributed by atoms with Gasteiger partial charge in [0.05, 0.1) is 13.3 Å². The number of rotatable bonds is 4. The number of hydrogen-bond acceptors (Lipinski definition) is 5. The predicted molar refractivity (Wildman–Crippen MR) is 97.8 cm³/mol. The molecule has 6 nitrogen and oxygen atoms in total. The van der Waals surface area contributed by atoms with Crippen molar-refractivity contribution in [1.29, 1.82) is 0 Å². The van der Waals surface area contributed by atoms with E-state index in [2.05, 4.69) is 14.9 Å². The van der Waals surface area contributed by atoms with E-state index in [1.807, 2.05) is 4.90 Å². The van der Waals surface area contributed by atoms with E-state index in [9.17, 15) is 9.18 Å². The van der Waals surface area contributed by atoms with Crippen LogP contribution in [0.5, 0.6) is 5.75 Å². The summed E-state index contributed by atoms with van der Waals surface area (Å²) >= 11 is 0. The van der Waals surface area contributed by atoms with Gasteiger partial charge in [0.15, 0.2) is 0 Å². The number of amides is 1. The molecule has 1 aromatic carbocycles. The molecule has 3 fully saturated rings. The molecule has 0 saturated carbocycles. The van der Waals surface area contributed by atoms with Crippen LogP contribution in [0.25, 0.3) is 0 Å². The van der Waals surface area contributed by atoms with Crippen molar-refractivity contribution in [3.05, 3.63) is 53.9 Å². The molecule has 1 amide bonds. The minimum atomic E-state index is -0.219. The normalized spacial score (nSPS) is 22.5. The number of piperidine rings is 1. The third-order valence-corrected chi connectivity index (χ3v) is 5.52. The monoisotopic (exact) mass is 370 g/mol. The zero-order valence-electron chi connectivity index (χ0n) is 15.3. The van der Waals surface area contributed by atoms with Crippen LogP contribution >= 0.6 is 0 Å². The summed E-state index contributed by atoms with van der Waals surface area (Å²) in [6.07, 6.45) is 6.72. The molecule has 0 unspecified atom stereocenters. The SMILES string of the molecule is COc1ccc(F)c(CN2C[C@H]3CC[C@@H]2CN(C(=O)c2cnccn2)C3)c1. The lowest BCUT2D eigenvalue weighted by atomic mass is 9.94. The molecule has 0 N–H and O–H groups in total. The Bertz CT molecular complexity index is 817. The van der Waals surface area contributed by atoms with Crippen molar-refractivity contribution in [2.45, 2.75) is 25.4 Å². The third-order valence-electron chi connectivity index (χ3n) is 5.52. The number of carbonyl (C=O) groups is 1. The molecule has 3 aliphatic rings.